The fourth-order valence-electron chi connectivity index (χ4n) is 5.07. The van der Waals surface area contributed by atoms with E-state index in [0.29, 0.717) is 22.8 Å². The minimum atomic E-state index is -4.46. The van der Waals surface area contributed by atoms with E-state index in [-0.39, 0.29) is 12.5 Å². The van der Waals surface area contributed by atoms with Crippen LogP contribution in [0.1, 0.15) is 49.8 Å². The van der Waals surface area contributed by atoms with Crippen LogP contribution in [0.3, 0.4) is 0 Å². The Kier molecular flexibility index (Phi) is 5.49. The van der Waals surface area contributed by atoms with Crippen molar-refractivity contribution in [2.75, 3.05) is 11.9 Å². The van der Waals surface area contributed by atoms with Crippen LogP contribution in [0.15, 0.2) is 59.9 Å². The molecule has 3 aromatic rings. The number of hydrogen-bond acceptors (Lipinski definition) is 3. The van der Waals surface area contributed by atoms with Crippen molar-refractivity contribution in [3.63, 3.8) is 0 Å². The molecule has 2 aliphatic heterocycles. The summed E-state index contributed by atoms with van der Waals surface area (Å²) < 4.78 is 41.9. The summed E-state index contributed by atoms with van der Waals surface area (Å²) in [6.07, 6.45) is -1.49. The van der Waals surface area contributed by atoms with Crippen molar-refractivity contribution >= 4 is 28.4 Å². The van der Waals surface area contributed by atoms with E-state index in [9.17, 15) is 22.8 Å². The van der Waals surface area contributed by atoms with Crippen LogP contribution in [0.2, 0.25) is 0 Å². The number of aryl methyl sites for hydroxylation is 1. The van der Waals surface area contributed by atoms with E-state index in [2.05, 4.69) is 23.7 Å². The predicted molar refractivity (Wildman–Crippen MR) is 128 cm³/mol. The molecule has 0 bridgehead atoms. The van der Waals surface area contributed by atoms with E-state index in [1.54, 1.807) is 0 Å². The summed E-state index contributed by atoms with van der Waals surface area (Å²) in [6, 6.07) is 10.9. The van der Waals surface area contributed by atoms with E-state index in [0.717, 1.165) is 47.3 Å². The summed E-state index contributed by atoms with van der Waals surface area (Å²) >= 11 is 0. The lowest BCUT2D eigenvalue weighted by Crippen LogP contribution is -2.33. The molecule has 5 nitrogen and oxygen atoms in total. The lowest BCUT2D eigenvalue weighted by atomic mass is 9.84. The van der Waals surface area contributed by atoms with Crippen LogP contribution in [-0.4, -0.2) is 27.8 Å². The van der Waals surface area contributed by atoms with E-state index < -0.39 is 23.6 Å². The monoisotopic (exact) mass is 481 g/mol. The summed E-state index contributed by atoms with van der Waals surface area (Å²) in [5.41, 5.74) is 3.50. The Labute approximate surface area is 201 Å². The van der Waals surface area contributed by atoms with Gasteiger partial charge in [-0.1, -0.05) is 32.0 Å². The van der Waals surface area contributed by atoms with Crippen molar-refractivity contribution in [3.8, 4) is 0 Å². The van der Waals surface area contributed by atoms with Gasteiger partial charge in [0.1, 0.15) is 0 Å². The number of carbonyl (C=O) groups excluding carboxylic acids is 2. The number of benzene rings is 2. The van der Waals surface area contributed by atoms with Gasteiger partial charge in [0, 0.05) is 42.4 Å². The third-order valence-corrected chi connectivity index (χ3v) is 6.84. The maximum Gasteiger partial charge on any atom is 0.416 e. The number of nitrogens with zero attached hydrogens (tertiary/aromatic N) is 2. The summed E-state index contributed by atoms with van der Waals surface area (Å²) in [7, 11) is 0. The van der Waals surface area contributed by atoms with Crippen LogP contribution in [0.25, 0.3) is 10.9 Å². The number of anilines is 1. The summed E-state index contributed by atoms with van der Waals surface area (Å²) in [4.78, 5) is 26.8. The first kappa shape index (κ1) is 23.2. The van der Waals surface area contributed by atoms with Crippen LogP contribution in [0.4, 0.5) is 18.9 Å². The number of alkyl halides is 3. The molecule has 8 heteroatoms. The highest BCUT2D eigenvalue weighted by molar-refractivity contribution is 6.11. The number of halogens is 3. The lowest BCUT2D eigenvalue weighted by Gasteiger charge is -2.20. The number of hydrogen-bond donors (Lipinski definition) is 1. The average molecular weight is 482 g/mol. The topological polar surface area (TPSA) is 54.3 Å². The number of nitrogens with one attached hydrogen (secondary N) is 1. The zero-order chi connectivity index (χ0) is 25.1. The van der Waals surface area contributed by atoms with Gasteiger partial charge in [-0.25, -0.2) is 0 Å². The maximum atomic E-state index is 13.5. The highest BCUT2D eigenvalue weighted by Crippen LogP contribution is 2.47. The Balaban J connectivity index is 1.72. The maximum absolute atomic E-state index is 13.5. The van der Waals surface area contributed by atoms with E-state index >= 15 is 0 Å². The van der Waals surface area contributed by atoms with Gasteiger partial charge < -0.3 is 9.88 Å². The minimum absolute atomic E-state index is 0.106. The number of carbonyl (C=O) groups is 2. The Bertz CT molecular complexity index is 1370. The second kappa shape index (κ2) is 8.29. The van der Waals surface area contributed by atoms with Crippen molar-refractivity contribution in [1.82, 2.24) is 9.47 Å². The Hall–Kier alpha value is -3.55. The zero-order valence-electron chi connectivity index (χ0n) is 19.7. The lowest BCUT2D eigenvalue weighted by molar-refractivity contribution is -0.140. The van der Waals surface area contributed by atoms with Crippen LogP contribution < -0.4 is 5.32 Å². The minimum Gasteiger partial charge on any atom is -0.356 e. The molecule has 0 spiro atoms. The molecule has 0 saturated heterocycles. The van der Waals surface area contributed by atoms with Crippen molar-refractivity contribution in [3.05, 3.63) is 76.6 Å². The van der Waals surface area contributed by atoms with E-state index in [4.69, 9.17) is 0 Å². The second-order valence-electron chi connectivity index (χ2n) is 9.64. The molecule has 2 amide bonds. The largest absolute Gasteiger partial charge is 0.416 e. The van der Waals surface area contributed by atoms with Gasteiger partial charge in [-0.05, 0) is 47.7 Å². The fraction of sp³-hybridized carbons (Fsp3) is 0.333. The normalized spacial score (nSPS) is 17.7. The van der Waals surface area contributed by atoms with Crippen LogP contribution in [0.5, 0.6) is 0 Å². The van der Waals surface area contributed by atoms with Gasteiger partial charge in [-0.15, -0.1) is 0 Å². The molecule has 0 saturated carbocycles. The standard InChI is InChI=1S/C27H26F3N3O2/c1-15(2)11-12-32-13-19-23(17-7-9-18(10-8-17)27(28,29)30)25-21(14-33(16(3)34)26(25)35)31-20-5-4-6-22(32)24(19)20/h4-10,13,15,23,31H,11-12,14H2,1-3H3/t23-/m0/s1. The van der Waals surface area contributed by atoms with E-state index in [1.165, 1.54) is 24.0 Å². The predicted octanol–water partition coefficient (Wildman–Crippen LogP) is 5.91. The molecule has 0 aliphatic carbocycles. The van der Waals surface area contributed by atoms with Gasteiger partial charge in [-0.3, -0.25) is 14.5 Å². The zero-order valence-corrected chi connectivity index (χ0v) is 19.7. The quantitative estimate of drug-likeness (QED) is 0.504. The number of rotatable bonds is 4. The molecule has 1 N–H and O–H groups in total. The molecule has 3 heterocycles. The Morgan fingerprint density at radius 3 is 2.49 bits per heavy atom. The molecular formula is C27H26F3N3O2. The number of aromatic nitrogens is 1. The second-order valence-corrected chi connectivity index (χ2v) is 9.64. The van der Waals surface area contributed by atoms with Crippen molar-refractivity contribution < 1.29 is 22.8 Å². The molecule has 0 radical (unpaired) electrons. The van der Waals surface area contributed by atoms with Gasteiger partial charge in [0.2, 0.25) is 5.91 Å². The molecular weight excluding hydrogens is 455 g/mol. The molecule has 0 fully saturated rings. The van der Waals surface area contributed by atoms with Crippen molar-refractivity contribution in [1.29, 1.82) is 0 Å². The first-order valence-corrected chi connectivity index (χ1v) is 11.7. The van der Waals surface area contributed by atoms with Crippen molar-refractivity contribution in [2.45, 2.75) is 45.8 Å². The van der Waals surface area contributed by atoms with Gasteiger partial charge in [0.05, 0.1) is 23.2 Å². The highest BCUT2D eigenvalue weighted by Gasteiger charge is 2.42. The smallest absolute Gasteiger partial charge is 0.356 e. The molecule has 5 rings (SSSR count). The summed E-state index contributed by atoms with van der Waals surface area (Å²) in [5.74, 6) is -0.904. The molecule has 35 heavy (non-hydrogen) atoms. The van der Waals surface area contributed by atoms with Gasteiger partial charge >= 0.3 is 6.18 Å². The molecule has 182 valence electrons. The molecule has 2 aliphatic rings. The SMILES string of the molecule is CC(=O)N1CC2=C(C1=O)[C@@H](c1ccc(C(F)(F)F)cc1)c1cn(CCC(C)C)c3cccc(c13)N2. The van der Waals surface area contributed by atoms with Gasteiger partial charge in [0.25, 0.3) is 5.91 Å². The summed E-state index contributed by atoms with van der Waals surface area (Å²) in [5, 5.41) is 4.33. The van der Waals surface area contributed by atoms with E-state index in [1.807, 2.05) is 24.4 Å². The first-order valence-electron chi connectivity index (χ1n) is 11.7. The fourth-order valence-corrected chi connectivity index (χ4v) is 5.07. The average Bonchev–Trinajstić information content (AvgIpc) is 3.27. The molecule has 1 aromatic heterocycles. The molecule has 0 unspecified atom stereocenters. The number of imide groups is 1. The van der Waals surface area contributed by atoms with Crippen LogP contribution >= 0.6 is 0 Å². The highest BCUT2D eigenvalue weighted by atomic mass is 19.4. The van der Waals surface area contributed by atoms with Crippen molar-refractivity contribution in [2.24, 2.45) is 5.92 Å². The molecule has 1 atom stereocenters. The first-order chi connectivity index (χ1) is 16.6. The third kappa shape index (κ3) is 3.90. The molecule has 2 aromatic carbocycles. The van der Waals surface area contributed by atoms with Gasteiger partial charge in [-0.2, -0.15) is 13.2 Å². The van der Waals surface area contributed by atoms with Gasteiger partial charge in [0.15, 0.2) is 0 Å². The number of amides is 2. The summed E-state index contributed by atoms with van der Waals surface area (Å²) in [6.45, 7) is 6.52. The third-order valence-electron chi connectivity index (χ3n) is 6.84. The van der Waals surface area contributed by atoms with Crippen LogP contribution in [0, 0.1) is 5.92 Å². The Morgan fingerprint density at radius 2 is 1.86 bits per heavy atom. The van der Waals surface area contributed by atoms with Crippen LogP contribution in [-0.2, 0) is 22.3 Å². The Morgan fingerprint density at radius 1 is 1.14 bits per heavy atom.